The van der Waals surface area contributed by atoms with Gasteiger partial charge in [-0.25, -0.2) is 0 Å². The number of amides is 2. The van der Waals surface area contributed by atoms with Crippen molar-refractivity contribution in [3.8, 4) is 0 Å². The molecule has 5 heteroatoms. The van der Waals surface area contributed by atoms with Crippen LogP contribution in [0.2, 0.25) is 0 Å². The van der Waals surface area contributed by atoms with Gasteiger partial charge in [-0.3, -0.25) is 9.59 Å². The Hall–Kier alpha value is -1.88. The minimum Gasteiger partial charge on any atom is -0.326 e. The lowest BCUT2D eigenvalue weighted by Gasteiger charge is -2.13. The fourth-order valence-electron chi connectivity index (χ4n) is 1.70. The van der Waals surface area contributed by atoms with Crippen molar-refractivity contribution >= 4 is 23.2 Å². The zero-order chi connectivity index (χ0) is 14.4. The van der Waals surface area contributed by atoms with E-state index in [-0.39, 0.29) is 11.8 Å². The van der Waals surface area contributed by atoms with Crippen molar-refractivity contribution in [2.24, 2.45) is 5.73 Å². The summed E-state index contributed by atoms with van der Waals surface area (Å²) in [4.78, 5) is 22.9. The van der Waals surface area contributed by atoms with E-state index in [1.165, 1.54) is 6.92 Å². The van der Waals surface area contributed by atoms with Crippen molar-refractivity contribution < 1.29 is 9.59 Å². The van der Waals surface area contributed by atoms with Crippen LogP contribution in [0.1, 0.15) is 32.3 Å². The van der Waals surface area contributed by atoms with E-state index >= 15 is 0 Å². The van der Waals surface area contributed by atoms with E-state index in [4.69, 9.17) is 5.73 Å². The summed E-state index contributed by atoms with van der Waals surface area (Å²) in [5, 5.41) is 5.47. The molecule has 5 nitrogen and oxygen atoms in total. The lowest BCUT2D eigenvalue weighted by Crippen LogP contribution is -2.35. The second kappa shape index (κ2) is 6.89. The Kier molecular flexibility index (Phi) is 5.51. The summed E-state index contributed by atoms with van der Waals surface area (Å²) in [6.45, 7) is 5.31. The highest BCUT2D eigenvalue weighted by atomic mass is 16.2. The van der Waals surface area contributed by atoms with Crippen molar-refractivity contribution in [2.45, 2.75) is 39.7 Å². The van der Waals surface area contributed by atoms with E-state index in [2.05, 4.69) is 10.6 Å². The quantitative estimate of drug-likeness (QED) is 0.759. The van der Waals surface area contributed by atoms with E-state index < -0.39 is 6.04 Å². The molecule has 1 rings (SSSR count). The van der Waals surface area contributed by atoms with Crippen LogP contribution in [0.25, 0.3) is 0 Å². The second-order valence-corrected chi connectivity index (χ2v) is 4.60. The maximum Gasteiger partial charge on any atom is 0.241 e. The monoisotopic (exact) mass is 263 g/mol. The molecular weight excluding hydrogens is 242 g/mol. The van der Waals surface area contributed by atoms with Crippen molar-refractivity contribution in [3.63, 3.8) is 0 Å². The molecule has 0 radical (unpaired) electrons. The highest BCUT2D eigenvalue weighted by Crippen LogP contribution is 2.20. The van der Waals surface area contributed by atoms with Crippen LogP contribution in [0.15, 0.2) is 18.2 Å². The zero-order valence-electron chi connectivity index (χ0n) is 11.6. The number of nitrogens with two attached hydrogens (primary N) is 1. The molecule has 104 valence electrons. The fourth-order valence-corrected chi connectivity index (χ4v) is 1.70. The molecule has 2 amide bonds. The Balaban J connectivity index is 2.79. The molecular formula is C14H21N3O2. The van der Waals surface area contributed by atoms with Gasteiger partial charge in [0.2, 0.25) is 11.8 Å². The Morgan fingerprint density at radius 3 is 2.58 bits per heavy atom. The van der Waals surface area contributed by atoms with Crippen LogP contribution in [0.3, 0.4) is 0 Å². The number of anilines is 2. The first kappa shape index (κ1) is 15.2. The summed E-state index contributed by atoms with van der Waals surface area (Å²) in [7, 11) is 0. The van der Waals surface area contributed by atoms with E-state index in [1.54, 1.807) is 12.1 Å². The Morgan fingerprint density at radius 2 is 2.00 bits per heavy atom. The summed E-state index contributed by atoms with van der Waals surface area (Å²) in [6, 6.07) is 4.85. The smallest absolute Gasteiger partial charge is 0.241 e. The molecule has 1 aromatic carbocycles. The van der Waals surface area contributed by atoms with E-state index in [0.717, 1.165) is 12.0 Å². The number of nitrogens with one attached hydrogen (secondary N) is 2. The van der Waals surface area contributed by atoms with Gasteiger partial charge in [-0.2, -0.15) is 0 Å². The average molecular weight is 263 g/mol. The third-order valence-corrected chi connectivity index (χ3v) is 2.75. The number of hydrogen-bond donors (Lipinski definition) is 3. The molecule has 0 aliphatic rings. The molecule has 0 saturated carbocycles. The number of rotatable bonds is 5. The summed E-state index contributed by atoms with van der Waals surface area (Å²) >= 11 is 0. The molecule has 1 atom stereocenters. The van der Waals surface area contributed by atoms with Crippen molar-refractivity contribution in [3.05, 3.63) is 23.8 Å². The van der Waals surface area contributed by atoms with Crippen LogP contribution in [0, 0.1) is 6.92 Å². The lowest BCUT2D eigenvalue weighted by molar-refractivity contribution is -0.117. The molecule has 0 fully saturated rings. The molecule has 19 heavy (non-hydrogen) atoms. The summed E-state index contributed by atoms with van der Waals surface area (Å²) in [6.07, 6.45) is 1.51. The lowest BCUT2D eigenvalue weighted by atomic mass is 10.1. The predicted molar refractivity (Wildman–Crippen MR) is 77.0 cm³/mol. The van der Waals surface area contributed by atoms with Crippen LogP contribution in [0.4, 0.5) is 11.4 Å². The largest absolute Gasteiger partial charge is 0.326 e. The van der Waals surface area contributed by atoms with Gasteiger partial charge in [-0.1, -0.05) is 19.4 Å². The molecule has 0 aromatic heterocycles. The Labute approximate surface area is 113 Å². The number of carbonyl (C=O) groups is 2. The van der Waals surface area contributed by atoms with Crippen molar-refractivity contribution in [1.82, 2.24) is 0 Å². The predicted octanol–water partition coefficient (Wildman–Crippen LogP) is 2.02. The van der Waals surface area contributed by atoms with Gasteiger partial charge in [-0.15, -0.1) is 0 Å². The van der Waals surface area contributed by atoms with Crippen LogP contribution in [-0.4, -0.2) is 17.9 Å². The molecule has 0 bridgehead atoms. The van der Waals surface area contributed by atoms with E-state index in [0.29, 0.717) is 17.8 Å². The molecule has 0 aliphatic heterocycles. The number of hydrogen-bond acceptors (Lipinski definition) is 3. The minimum atomic E-state index is -0.504. The van der Waals surface area contributed by atoms with Gasteiger partial charge in [0.25, 0.3) is 0 Å². The van der Waals surface area contributed by atoms with Gasteiger partial charge in [0.1, 0.15) is 0 Å². The summed E-state index contributed by atoms with van der Waals surface area (Å²) in [5.41, 5.74) is 8.00. The van der Waals surface area contributed by atoms with Gasteiger partial charge in [0.15, 0.2) is 0 Å². The molecule has 0 spiro atoms. The molecule has 0 saturated heterocycles. The third-order valence-electron chi connectivity index (χ3n) is 2.75. The fraction of sp³-hybridized carbons (Fsp3) is 0.429. The third kappa shape index (κ3) is 4.71. The van der Waals surface area contributed by atoms with Gasteiger partial charge >= 0.3 is 0 Å². The number of aryl methyl sites for hydroxylation is 1. The number of carbonyl (C=O) groups excluding carboxylic acids is 2. The van der Waals surface area contributed by atoms with Crippen LogP contribution >= 0.6 is 0 Å². The normalized spacial score (nSPS) is 11.8. The maximum atomic E-state index is 11.8. The molecule has 0 unspecified atom stereocenters. The van der Waals surface area contributed by atoms with Gasteiger partial charge < -0.3 is 16.4 Å². The second-order valence-electron chi connectivity index (χ2n) is 4.60. The van der Waals surface area contributed by atoms with Crippen molar-refractivity contribution in [1.29, 1.82) is 0 Å². The summed E-state index contributed by atoms with van der Waals surface area (Å²) in [5.74, 6) is -0.353. The van der Waals surface area contributed by atoms with Crippen LogP contribution < -0.4 is 16.4 Å². The summed E-state index contributed by atoms with van der Waals surface area (Å²) < 4.78 is 0. The molecule has 4 N–H and O–H groups in total. The average Bonchev–Trinajstić information content (AvgIpc) is 2.33. The van der Waals surface area contributed by atoms with Gasteiger partial charge in [0.05, 0.1) is 6.04 Å². The van der Waals surface area contributed by atoms with E-state index in [1.807, 2.05) is 19.9 Å². The number of benzene rings is 1. The van der Waals surface area contributed by atoms with Crippen molar-refractivity contribution in [2.75, 3.05) is 10.6 Å². The SMILES string of the molecule is CCC[C@@H](N)C(=O)Nc1ccc(C)c(NC(C)=O)c1. The zero-order valence-corrected chi connectivity index (χ0v) is 11.6. The van der Waals surface area contributed by atoms with Crippen LogP contribution in [-0.2, 0) is 9.59 Å². The molecule has 1 aromatic rings. The Morgan fingerprint density at radius 1 is 1.32 bits per heavy atom. The first-order valence-corrected chi connectivity index (χ1v) is 6.38. The molecule has 0 aliphatic carbocycles. The van der Waals surface area contributed by atoms with Gasteiger partial charge in [0, 0.05) is 18.3 Å². The first-order valence-electron chi connectivity index (χ1n) is 6.38. The van der Waals surface area contributed by atoms with E-state index in [9.17, 15) is 9.59 Å². The topological polar surface area (TPSA) is 84.2 Å². The van der Waals surface area contributed by atoms with Crippen LogP contribution in [0.5, 0.6) is 0 Å². The first-order chi connectivity index (χ1) is 8.93. The highest BCUT2D eigenvalue weighted by Gasteiger charge is 2.12. The highest BCUT2D eigenvalue weighted by molar-refractivity contribution is 5.96. The Bertz CT molecular complexity index is 472. The standard InChI is InChI=1S/C14H21N3O2/c1-4-5-12(15)14(19)17-11-7-6-9(2)13(8-11)16-10(3)18/h6-8,12H,4-5,15H2,1-3H3,(H,16,18)(H,17,19)/t12-/m1/s1. The molecule has 0 heterocycles. The maximum absolute atomic E-state index is 11.8. The van der Waals surface area contributed by atoms with Gasteiger partial charge in [-0.05, 0) is 31.0 Å². The minimum absolute atomic E-state index is 0.144.